The fourth-order valence-corrected chi connectivity index (χ4v) is 1.98. The molecular weight excluding hydrogens is 296 g/mol. The third-order valence-electron chi connectivity index (χ3n) is 2.72. The highest BCUT2D eigenvalue weighted by Gasteiger charge is 2.13. The molecule has 0 aliphatic heterocycles. The Kier molecular flexibility index (Phi) is 4.39. The summed E-state index contributed by atoms with van der Waals surface area (Å²) in [5.74, 6) is -0.645. The first kappa shape index (κ1) is 14.8. The highest BCUT2D eigenvalue weighted by atomic mass is 35.5. The van der Waals surface area contributed by atoms with Crippen molar-refractivity contribution in [3.63, 3.8) is 0 Å². The summed E-state index contributed by atoms with van der Waals surface area (Å²) >= 11 is 5.82. The first-order valence-electron chi connectivity index (χ1n) is 5.97. The van der Waals surface area contributed by atoms with Crippen molar-refractivity contribution in [1.82, 2.24) is 0 Å². The minimum absolute atomic E-state index is 0.00349. The average Bonchev–Trinajstić information content (AvgIpc) is 2.41. The van der Waals surface area contributed by atoms with E-state index in [1.54, 1.807) is 24.3 Å². The molecule has 0 bridgehead atoms. The van der Waals surface area contributed by atoms with E-state index in [0.29, 0.717) is 10.6 Å². The molecule has 0 aliphatic carbocycles. The van der Waals surface area contributed by atoms with Gasteiger partial charge in [-0.05, 0) is 23.8 Å². The van der Waals surface area contributed by atoms with E-state index in [9.17, 15) is 20.0 Å². The smallest absolute Gasteiger partial charge is 0.271 e. The van der Waals surface area contributed by atoms with Gasteiger partial charge in [0.1, 0.15) is 5.75 Å². The zero-order valence-electron chi connectivity index (χ0n) is 10.7. The number of nitrogens with one attached hydrogen (secondary N) is 1. The number of hydrogen-bond donors (Lipinski definition) is 2. The van der Waals surface area contributed by atoms with E-state index in [4.69, 9.17) is 11.6 Å². The zero-order valence-corrected chi connectivity index (χ0v) is 11.5. The molecule has 0 aromatic heterocycles. The van der Waals surface area contributed by atoms with E-state index in [0.717, 1.165) is 18.2 Å². The molecule has 2 aromatic carbocycles. The molecule has 0 heterocycles. The summed E-state index contributed by atoms with van der Waals surface area (Å²) in [6, 6.07) is 10.2. The van der Waals surface area contributed by atoms with E-state index in [2.05, 4.69) is 5.32 Å². The lowest BCUT2D eigenvalue weighted by Crippen LogP contribution is -2.14. The topological polar surface area (TPSA) is 92.5 Å². The van der Waals surface area contributed by atoms with E-state index >= 15 is 0 Å². The molecule has 108 valence electrons. The third-order valence-corrected chi connectivity index (χ3v) is 2.95. The summed E-state index contributed by atoms with van der Waals surface area (Å²) in [7, 11) is 0. The van der Waals surface area contributed by atoms with Crippen molar-refractivity contribution in [2.45, 2.75) is 6.42 Å². The van der Waals surface area contributed by atoms with Crippen molar-refractivity contribution >= 4 is 28.9 Å². The number of halogens is 1. The molecule has 0 radical (unpaired) electrons. The second-order valence-electron chi connectivity index (χ2n) is 4.31. The number of non-ortho nitro benzene ring substituents is 1. The first-order chi connectivity index (χ1) is 9.95. The molecule has 2 rings (SSSR count). The second-order valence-corrected chi connectivity index (χ2v) is 4.75. The fourth-order valence-electron chi connectivity index (χ4n) is 1.76. The van der Waals surface area contributed by atoms with E-state index < -0.39 is 10.8 Å². The Morgan fingerprint density at radius 1 is 1.29 bits per heavy atom. The van der Waals surface area contributed by atoms with Gasteiger partial charge in [-0.3, -0.25) is 14.9 Å². The molecule has 0 fully saturated rings. The summed E-state index contributed by atoms with van der Waals surface area (Å²) in [6.07, 6.45) is 0.0443. The summed E-state index contributed by atoms with van der Waals surface area (Å²) in [5, 5.41) is 23.2. The van der Waals surface area contributed by atoms with Gasteiger partial charge in [0, 0.05) is 17.2 Å². The predicted octanol–water partition coefficient (Wildman–Crippen LogP) is 3.14. The van der Waals surface area contributed by atoms with Crippen LogP contribution in [0.1, 0.15) is 5.56 Å². The highest BCUT2D eigenvalue weighted by Crippen LogP contribution is 2.27. The predicted molar refractivity (Wildman–Crippen MR) is 78.5 cm³/mol. The van der Waals surface area contributed by atoms with E-state index in [1.165, 1.54) is 0 Å². The number of benzene rings is 2. The molecule has 0 spiro atoms. The summed E-state index contributed by atoms with van der Waals surface area (Å²) < 4.78 is 0. The van der Waals surface area contributed by atoms with Gasteiger partial charge in [0.15, 0.2) is 0 Å². The number of phenolic OH excluding ortho intramolecular Hbond substituents is 1. The summed E-state index contributed by atoms with van der Waals surface area (Å²) in [4.78, 5) is 22.0. The Balaban J connectivity index is 2.12. The number of amides is 1. The molecule has 0 aliphatic rings. The number of nitro groups is 1. The Morgan fingerprint density at radius 3 is 2.71 bits per heavy atom. The number of nitro benzene ring substituents is 1. The summed E-state index contributed by atoms with van der Waals surface area (Å²) in [5.41, 5.74) is 0.479. The Morgan fingerprint density at radius 2 is 2.05 bits per heavy atom. The van der Waals surface area contributed by atoms with E-state index in [1.807, 2.05) is 0 Å². The number of rotatable bonds is 4. The standard InChI is InChI=1S/C14H11ClN2O4/c15-10-3-1-2-9(6-10)7-14(19)16-12-8-11(17(20)21)4-5-13(12)18/h1-6,8,18H,7H2,(H,16,19). The maximum Gasteiger partial charge on any atom is 0.271 e. The second kappa shape index (κ2) is 6.23. The van der Waals surface area contributed by atoms with Crippen molar-refractivity contribution in [2.24, 2.45) is 0 Å². The Labute approximate surface area is 125 Å². The molecule has 0 unspecified atom stereocenters. The van der Waals surface area contributed by atoms with Gasteiger partial charge < -0.3 is 10.4 Å². The number of phenols is 1. The molecule has 7 heteroatoms. The highest BCUT2D eigenvalue weighted by molar-refractivity contribution is 6.30. The number of carbonyl (C=O) groups is 1. The molecule has 0 saturated heterocycles. The van der Waals surface area contributed by atoms with Crippen LogP contribution in [0.15, 0.2) is 42.5 Å². The van der Waals surface area contributed by atoms with Crippen LogP contribution in [-0.4, -0.2) is 15.9 Å². The van der Waals surface area contributed by atoms with Gasteiger partial charge in [0.05, 0.1) is 17.0 Å². The van der Waals surface area contributed by atoms with Crippen LogP contribution in [0.3, 0.4) is 0 Å². The Hall–Kier alpha value is -2.60. The van der Waals surface area contributed by atoms with Crippen LogP contribution in [0.2, 0.25) is 5.02 Å². The molecule has 2 N–H and O–H groups in total. The molecule has 0 saturated carbocycles. The first-order valence-corrected chi connectivity index (χ1v) is 6.35. The van der Waals surface area contributed by atoms with Crippen LogP contribution in [0.4, 0.5) is 11.4 Å². The molecule has 1 amide bonds. The van der Waals surface area contributed by atoms with Gasteiger partial charge in [-0.25, -0.2) is 0 Å². The molecule has 0 atom stereocenters. The molecule has 21 heavy (non-hydrogen) atoms. The van der Waals surface area contributed by atoms with Crippen molar-refractivity contribution in [3.05, 3.63) is 63.2 Å². The lowest BCUT2D eigenvalue weighted by molar-refractivity contribution is -0.384. The minimum atomic E-state index is -0.605. The van der Waals surface area contributed by atoms with Gasteiger partial charge in [0.2, 0.25) is 5.91 Å². The zero-order chi connectivity index (χ0) is 15.4. The number of nitrogens with zero attached hydrogens (tertiary/aromatic N) is 1. The normalized spacial score (nSPS) is 10.1. The van der Waals surface area contributed by atoms with Gasteiger partial charge >= 0.3 is 0 Å². The minimum Gasteiger partial charge on any atom is -0.506 e. The largest absolute Gasteiger partial charge is 0.506 e. The van der Waals surface area contributed by atoms with Gasteiger partial charge in [0.25, 0.3) is 5.69 Å². The lowest BCUT2D eigenvalue weighted by Gasteiger charge is -2.07. The van der Waals surface area contributed by atoms with E-state index in [-0.39, 0.29) is 23.5 Å². The van der Waals surface area contributed by atoms with Crippen LogP contribution in [0.5, 0.6) is 5.75 Å². The monoisotopic (exact) mass is 306 g/mol. The van der Waals surface area contributed by atoms with Crippen LogP contribution < -0.4 is 5.32 Å². The van der Waals surface area contributed by atoms with Crippen LogP contribution in [-0.2, 0) is 11.2 Å². The maximum absolute atomic E-state index is 11.9. The number of hydrogen-bond acceptors (Lipinski definition) is 4. The SMILES string of the molecule is O=C(Cc1cccc(Cl)c1)Nc1cc([N+](=O)[O-])ccc1O. The van der Waals surface area contributed by atoms with Crippen molar-refractivity contribution in [3.8, 4) is 5.75 Å². The maximum atomic E-state index is 11.9. The van der Waals surface area contributed by atoms with Crippen LogP contribution in [0.25, 0.3) is 0 Å². The van der Waals surface area contributed by atoms with Crippen molar-refractivity contribution in [2.75, 3.05) is 5.32 Å². The van der Waals surface area contributed by atoms with Gasteiger partial charge in [-0.2, -0.15) is 0 Å². The Bertz CT molecular complexity index is 703. The fraction of sp³-hybridized carbons (Fsp3) is 0.0714. The van der Waals surface area contributed by atoms with Gasteiger partial charge in [-0.15, -0.1) is 0 Å². The van der Waals surface area contributed by atoms with Gasteiger partial charge in [-0.1, -0.05) is 23.7 Å². The molecule has 2 aromatic rings. The quantitative estimate of drug-likeness (QED) is 0.515. The number of carbonyl (C=O) groups excluding carboxylic acids is 1. The number of anilines is 1. The lowest BCUT2D eigenvalue weighted by atomic mass is 10.1. The van der Waals surface area contributed by atoms with Crippen molar-refractivity contribution in [1.29, 1.82) is 0 Å². The van der Waals surface area contributed by atoms with Crippen LogP contribution in [0, 0.1) is 10.1 Å². The summed E-state index contributed by atoms with van der Waals surface area (Å²) in [6.45, 7) is 0. The molecule has 6 nitrogen and oxygen atoms in total. The average molecular weight is 307 g/mol. The molecular formula is C14H11ClN2O4. The number of aromatic hydroxyl groups is 1. The van der Waals surface area contributed by atoms with Crippen molar-refractivity contribution < 1.29 is 14.8 Å². The third kappa shape index (κ3) is 3.93. The van der Waals surface area contributed by atoms with Crippen LogP contribution >= 0.6 is 11.6 Å².